The third-order valence-electron chi connectivity index (χ3n) is 3.84. The molecule has 4 heteroatoms. The first-order valence-corrected chi connectivity index (χ1v) is 7.62. The zero-order valence-electron chi connectivity index (χ0n) is 13.3. The Morgan fingerprint density at radius 2 is 1.58 bits per heavy atom. The molecule has 2 aromatic carbocycles. The fourth-order valence-corrected chi connectivity index (χ4v) is 2.64. The standard InChI is InChI=1S/C20H17NO3/c1-24-20(23)18-17(16-10-6-3-7-11-16)12-13-21(19(18)22)14-15-8-4-2-5-9-15/h2-13H,14H2,1H3. The van der Waals surface area contributed by atoms with Crippen molar-refractivity contribution in [2.45, 2.75) is 6.54 Å². The summed E-state index contributed by atoms with van der Waals surface area (Å²) in [5.41, 5.74) is 2.08. The molecule has 0 bridgehead atoms. The van der Waals surface area contributed by atoms with Gasteiger partial charge in [0.05, 0.1) is 13.7 Å². The summed E-state index contributed by atoms with van der Waals surface area (Å²) in [6.07, 6.45) is 1.71. The molecule has 3 rings (SSSR count). The fraction of sp³-hybridized carbons (Fsp3) is 0.100. The van der Waals surface area contributed by atoms with Crippen molar-refractivity contribution in [1.82, 2.24) is 4.57 Å². The van der Waals surface area contributed by atoms with E-state index in [0.29, 0.717) is 12.1 Å². The van der Waals surface area contributed by atoms with Crippen LogP contribution in [0.2, 0.25) is 0 Å². The number of carbonyl (C=O) groups is 1. The highest BCUT2D eigenvalue weighted by molar-refractivity contribution is 5.96. The summed E-state index contributed by atoms with van der Waals surface area (Å²) in [6, 6.07) is 20.8. The normalized spacial score (nSPS) is 10.4. The van der Waals surface area contributed by atoms with E-state index in [1.807, 2.05) is 60.7 Å². The molecule has 0 fully saturated rings. The zero-order chi connectivity index (χ0) is 16.9. The van der Waals surface area contributed by atoms with E-state index in [1.54, 1.807) is 12.3 Å². The molecule has 0 atom stereocenters. The Hall–Kier alpha value is -3.14. The van der Waals surface area contributed by atoms with E-state index < -0.39 is 5.97 Å². The monoisotopic (exact) mass is 319 g/mol. The van der Waals surface area contributed by atoms with Gasteiger partial charge in [0.2, 0.25) is 0 Å². The van der Waals surface area contributed by atoms with Crippen LogP contribution in [0.1, 0.15) is 15.9 Å². The predicted octanol–water partition coefficient (Wildman–Crippen LogP) is 3.35. The van der Waals surface area contributed by atoms with E-state index in [4.69, 9.17) is 4.74 Å². The van der Waals surface area contributed by atoms with Gasteiger partial charge in [-0.3, -0.25) is 4.79 Å². The number of benzene rings is 2. The van der Waals surface area contributed by atoms with Crippen LogP contribution in [0.4, 0.5) is 0 Å². The van der Waals surface area contributed by atoms with Gasteiger partial charge in [-0.2, -0.15) is 0 Å². The Balaban J connectivity index is 2.12. The van der Waals surface area contributed by atoms with Crippen molar-refractivity contribution >= 4 is 5.97 Å². The molecular formula is C20H17NO3. The molecule has 0 aliphatic carbocycles. The number of rotatable bonds is 4. The molecular weight excluding hydrogens is 302 g/mol. The van der Waals surface area contributed by atoms with E-state index >= 15 is 0 Å². The van der Waals surface area contributed by atoms with Gasteiger partial charge in [0, 0.05) is 11.8 Å². The summed E-state index contributed by atoms with van der Waals surface area (Å²) in [5.74, 6) is -0.624. The van der Waals surface area contributed by atoms with E-state index in [1.165, 1.54) is 11.7 Å². The van der Waals surface area contributed by atoms with Gasteiger partial charge in [-0.05, 0) is 17.2 Å². The van der Waals surface area contributed by atoms with Crippen LogP contribution in [0.25, 0.3) is 11.1 Å². The first kappa shape index (κ1) is 15.7. The molecule has 0 unspecified atom stereocenters. The molecule has 3 aromatic rings. The van der Waals surface area contributed by atoms with E-state index in [0.717, 1.165) is 11.1 Å². The Bertz CT molecular complexity index is 899. The number of hydrogen-bond acceptors (Lipinski definition) is 3. The van der Waals surface area contributed by atoms with Gasteiger partial charge in [-0.1, -0.05) is 60.7 Å². The van der Waals surface area contributed by atoms with Crippen LogP contribution in [-0.4, -0.2) is 17.6 Å². The second-order valence-electron chi connectivity index (χ2n) is 5.38. The highest BCUT2D eigenvalue weighted by atomic mass is 16.5. The third kappa shape index (κ3) is 3.13. The number of hydrogen-bond donors (Lipinski definition) is 0. The molecule has 0 amide bonds. The molecule has 0 aliphatic heterocycles. The average molecular weight is 319 g/mol. The Morgan fingerprint density at radius 3 is 2.21 bits per heavy atom. The first-order valence-electron chi connectivity index (χ1n) is 7.62. The molecule has 1 aromatic heterocycles. The highest BCUT2D eigenvalue weighted by Crippen LogP contribution is 2.22. The average Bonchev–Trinajstić information content (AvgIpc) is 2.64. The molecule has 0 spiro atoms. The zero-order valence-corrected chi connectivity index (χ0v) is 13.3. The molecule has 24 heavy (non-hydrogen) atoms. The Morgan fingerprint density at radius 1 is 0.958 bits per heavy atom. The lowest BCUT2D eigenvalue weighted by Crippen LogP contribution is -2.28. The van der Waals surface area contributed by atoms with Crippen molar-refractivity contribution in [3.8, 4) is 11.1 Å². The summed E-state index contributed by atoms with van der Waals surface area (Å²) in [5, 5.41) is 0. The molecule has 0 aliphatic rings. The lowest BCUT2D eigenvalue weighted by Gasteiger charge is -2.12. The van der Waals surface area contributed by atoms with Gasteiger partial charge in [-0.25, -0.2) is 4.79 Å². The summed E-state index contributed by atoms with van der Waals surface area (Å²) in [4.78, 5) is 25.0. The minimum Gasteiger partial charge on any atom is -0.465 e. The number of methoxy groups -OCH3 is 1. The number of aromatic nitrogens is 1. The highest BCUT2D eigenvalue weighted by Gasteiger charge is 2.19. The topological polar surface area (TPSA) is 48.3 Å². The summed E-state index contributed by atoms with van der Waals surface area (Å²) in [7, 11) is 1.28. The maximum absolute atomic E-state index is 12.8. The molecule has 0 saturated heterocycles. The van der Waals surface area contributed by atoms with Gasteiger partial charge in [0.25, 0.3) is 5.56 Å². The minimum absolute atomic E-state index is 0.0575. The molecule has 120 valence electrons. The third-order valence-corrected chi connectivity index (χ3v) is 3.84. The van der Waals surface area contributed by atoms with Crippen molar-refractivity contribution in [2.75, 3.05) is 7.11 Å². The first-order chi connectivity index (χ1) is 11.7. The van der Waals surface area contributed by atoms with Crippen LogP contribution in [0.15, 0.2) is 77.7 Å². The van der Waals surface area contributed by atoms with Crippen molar-refractivity contribution in [1.29, 1.82) is 0 Å². The SMILES string of the molecule is COC(=O)c1c(-c2ccccc2)ccn(Cc2ccccc2)c1=O. The number of carbonyl (C=O) groups excluding carboxylic acids is 1. The van der Waals surface area contributed by atoms with Crippen molar-refractivity contribution < 1.29 is 9.53 Å². The molecule has 0 saturated carbocycles. The smallest absolute Gasteiger partial charge is 0.344 e. The van der Waals surface area contributed by atoms with Crippen LogP contribution in [-0.2, 0) is 11.3 Å². The Kier molecular flexibility index (Phi) is 4.57. The number of nitrogens with zero attached hydrogens (tertiary/aromatic N) is 1. The van der Waals surface area contributed by atoms with Gasteiger partial charge >= 0.3 is 5.97 Å². The fourth-order valence-electron chi connectivity index (χ4n) is 2.64. The molecule has 4 nitrogen and oxygen atoms in total. The van der Waals surface area contributed by atoms with Crippen LogP contribution in [0.5, 0.6) is 0 Å². The number of ether oxygens (including phenoxy) is 1. The van der Waals surface area contributed by atoms with Gasteiger partial charge < -0.3 is 9.30 Å². The second-order valence-corrected chi connectivity index (χ2v) is 5.38. The quantitative estimate of drug-likeness (QED) is 0.693. The minimum atomic E-state index is -0.624. The van der Waals surface area contributed by atoms with Crippen molar-refractivity contribution in [3.05, 3.63) is 94.4 Å². The van der Waals surface area contributed by atoms with Gasteiger partial charge in [-0.15, -0.1) is 0 Å². The summed E-state index contributed by atoms with van der Waals surface area (Å²) in [6.45, 7) is 0.402. The van der Waals surface area contributed by atoms with Crippen LogP contribution >= 0.6 is 0 Å². The maximum atomic E-state index is 12.8. The van der Waals surface area contributed by atoms with E-state index in [-0.39, 0.29) is 11.1 Å². The van der Waals surface area contributed by atoms with E-state index in [9.17, 15) is 9.59 Å². The number of pyridine rings is 1. The predicted molar refractivity (Wildman–Crippen MR) is 93.0 cm³/mol. The second kappa shape index (κ2) is 6.96. The van der Waals surface area contributed by atoms with Crippen LogP contribution in [0.3, 0.4) is 0 Å². The van der Waals surface area contributed by atoms with Gasteiger partial charge in [0.15, 0.2) is 0 Å². The molecule has 1 heterocycles. The molecule has 0 radical (unpaired) electrons. The van der Waals surface area contributed by atoms with E-state index in [2.05, 4.69) is 0 Å². The van der Waals surface area contributed by atoms with Crippen molar-refractivity contribution in [2.24, 2.45) is 0 Å². The lowest BCUT2D eigenvalue weighted by atomic mass is 10.0. The van der Waals surface area contributed by atoms with Gasteiger partial charge in [0.1, 0.15) is 5.56 Å². The Labute approximate surface area is 140 Å². The lowest BCUT2D eigenvalue weighted by molar-refractivity contribution is 0.0599. The maximum Gasteiger partial charge on any atom is 0.344 e. The van der Waals surface area contributed by atoms with Crippen LogP contribution in [0, 0.1) is 0 Å². The van der Waals surface area contributed by atoms with Crippen molar-refractivity contribution in [3.63, 3.8) is 0 Å². The largest absolute Gasteiger partial charge is 0.465 e. The number of esters is 1. The summed E-state index contributed by atoms with van der Waals surface area (Å²) >= 11 is 0. The summed E-state index contributed by atoms with van der Waals surface area (Å²) < 4.78 is 6.35. The van der Waals surface area contributed by atoms with Crippen LogP contribution < -0.4 is 5.56 Å². The molecule has 0 N–H and O–H groups in total.